The van der Waals surface area contributed by atoms with Gasteiger partial charge >= 0.3 is 0 Å². The Morgan fingerprint density at radius 2 is 0.694 bits per heavy atom. The Bertz CT molecular complexity index is 1540. The van der Waals surface area contributed by atoms with Crippen LogP contribution in [0, 0.1) is 0 Å². The van der Waals surface area contributed by atoms with Crippen LogP contribution in [0.4, 0.5) is 17.6 Å². The average Bonchev–Trinajstić information content (AvgIpc) is 3.27. The van der Waals surface area contributed by atoms with E-state index in [1.54, 1.807) is 24.3 Å². The summed E-state index contributed by atoms with van der Waals surface area (Å²) in [6, 6.07) is 30.9. The molecule has 36 heavy (non-hydrogen) atoms. The first-order valence-electron chi connectivity index (χ1n) is 11.7. The lowest BCUT2D eigenvalue weighted by atomic mass is 9.96. The van der Waals surface area contributed by atoms with Gasteiger partial charge < -0.3 is 0 Å². The molecule has 0 aromatic heterocycles. The number of hydrogen-bond donors (Lipinski definition) is 0. The van der Waals surface area contributed by atoms with Gasteiger partial charge in [0.1, 0.15) is 0 Å². The lowest BCUT2D eigenvalue weighted by Gasteiger charge is -2.15. The first-order chi connectivity index (χ1) is 17.4. The van der Waals surface area contributed by atoms with Crippen molar-refractivity contribution in [1.29, 1.82) is 0 Å². The molecule has 0 amide bonds. The van der Waals surface area contributed by atoms with Crippen molar-refractivity contribution in [2.75, 3.05) is 0 Å². The highest BCUT2D eigenvalue weighted by Gasteiger charge is 2.50. The third-order valence-electron chi connectivity index (χ3n) is 7.34. The Hall–Kier alpha value is -4.18. The first kappa shape index (κ1) is 21.1. The van der Waals surface area contributed by atoms with E-state index in [9.17, 15) is 0 Å². The number of rotatable bonds is 2. The molecule has 0 aliphatic heterocycles. The molecule has 5 aromatic rings. The fourth-order valence-corrected chi connectivity index (χ4v) is 5.55. The maximum Gasteiger partial charge on any atom is 0.299 e. The molecule has 0 bridgehead atoms. The summed E-state index contributed by atoms with van der Waals surface area (Å²) in [6.07, 6.45) is 0. The molecule has 0 radical (unpaired) electrons. The van der Waals surface area contributed by atoms with Gasteiger partial charge in [0.25, 0.3) is 11.8 Å². The molecule has 5 aromatic carbocycles. The van der Waals surface area contributed by atoms with Crippen molar-refractivity contribution in [2.45, 2.75) is 11.8 Å². The Balaban J connectivity index is 1.39. The first-order valence-corrected chi connectivity index (χ1v) is 11.7. The molecule has 0 N–H and O–H groups in total. The zero-order valence-electron chi connectivity index (χ0n) is 18.9. The quantitative estimate of drug-likeness (QED) is 0.222. The van der Waals surface area contributed by atoms with Crippen LogP contribution in [0.2, 0.25) is 0 Å². The molecule has 174 valence electrons. The van der Waals surface area contributed by atoms with E-state index in [1.165, 1.54) is 24.3 Å². The average molecular weight is 478 g/mol. The molecular weight excluding hydrogens is 460 g/mol. The van der Waals surface area contributed by atoms with Gasteiger partial charge in [-0.05, 0) is 68.8 Å². The molecule has 0 nitrogen and oxygen atoms in total. The normalized spacial score (nSPS) is 15.7. The van der Waals surface area contributed by atoms with Crippen LogP contribution in [0.1, 0.15) is 22.3 Å². The van der Waals surface area contributed by atoms with Crippen LogP contribution in [0.5, 0.6) is 0 Å². The van der Waals surface area contributed by atoms with E-state index < -0.39 is 11.8 Å². The van der Waals surface area contributed by atoms with E-state index >= 15 is 17.6 Å². The lowest BCUT2D eigenvalue weighted by Crippen LogP contribution is -2.13. The minimum absolute atomic E-state index is 0.148. The minimum atomic E-state index is -3.29. The van der Waals surface area contributed by atoms with E-state index in [0.717, 1.165) is 11.1 Å². The summed E-state index contributed by atoms with van der Waals surface area (Å²) in [6.45, 7) is 0. The van der Waals surface area contributed by atoms with Gasteiger partial charge in [0.2, 0.25) is 0 Å². The lowest BCUT2D eigenvalue weighted by molar-refractivity contribution is 0.0451. The van der Waals surface area contributed by atoms with E-state index in [0.29, 0.717) is 22.3 Å². The largest absolute Gasteiger partial charge is 0.299 e. The smallest absolute Gasteiger partial charge is 0.196 e. The summed E-state index contributed by atoms with van der Waals surface area (Å²) >= 11 is 0. The SMILES string of the molecule is FC1(F)c2cc(-c3ccccc3)ccc2-c2cc3c(cc21)-c1ccc(-c2ccccc2)cc1C3(F)F. The number of fused-ring (bicyclic) bond motifs is 6. The number of halogens is 4. The molecular formula is C32H18F4. The Kier molecular flexibility index (Phi) is 4.21. The molecule has 2 aliphatic carbocycles. The predicted octanol–water partition coefficient (Wildman–Crippen LogP) is 9.26. The summed E-state index contributed by atoms with van der Waals surface area (Å²) in [5.74, 6) is -6.57. The summed E-state index contributed by atoms with van der Waals surface area (Å²) in [4.78, 5) is 0. The van der Waals surface area contributed by atoms with Crippen LogP contribution < -0.4 is 0 Å². The van der Waals surface area contributed by atoms with Gasteiger partial charge in [0.15, 0.2) is 0 Å². The van der Waals surface area contributed by atoms with E-state index in [4.69, 9.17) is 0 Å². The monoisotopic (exact) mass is 478 g/mol. The van der Waals surface area contributed by atoms with Crippen LogP contribution in [0.15, 0.2) is 109 Å². The summed E-state index contributed by atoms with van der Waals surface area (Å²) in [5.41, 5.74) is 3.17. The van der Waals surface area contributed by atoms with Crippen molar-refractivity contribution in [2.24, 2.45) is 0 Å². The molecule has 0 spiro atoms. The van der Waals surface area contributed by atoms with Crippen LogP contribution in [-0.2, 0) is 11.8 Å². The maximum atomic E-state index is 15.8. The molecule has 0 heterocycles. The topological polar surface area (TPSA) is 0 Å². The standard InChI is InChI=1S/C32H18F4/c33-31(34)27-15-21(19-7-3-1-4-8-19)11-13-23(27)25-17-30-26(18-29(25)31)24-14-12-22(16-28(24)32(30,35)36)20-9-5-2-6-10-20/h1-18H. The zero-order valence-corrected chi connectivity index (χ0v) is 18.9. The van der Waals surface area contributed by atoms with Crippen molar-refractivity contribution >= 4 is 0 Å². The molecule has 2 aliphatic rings. The molecule has 4 heteroatoms. The third-order valence-corrected chi connectivity index (χ3v) is 7.34. The summed E-state index contributed by atoms with van der Waals surface area (Å²) in [7, 11) is 0. The van der Waals surface area contributed by atoms with Gasteiger partial charge in [-0.15, -0.1) is 0 Å². The van der Waals surface area contributed by atoms with E-state index in [2.05, 4.69) is 0 Å². The van der Waals surface area contributed by atoms with Crippen molar-refractivity contribution in [3.63, 3.8) is 0 Å². The number of benzene rings is 5. The fourth-order valence-electron chi connectivity index (χ4n) is 5.55. The molecule has 0 fully saturated rings. The highest BCUT2D eigenvalue weighted by atomic mass is 19.3. The highest BCUT2D eigenvalue weighted by molar-refractivity contribution is 5.90. The van der Waals surface area contributed by atoms with Gasteiger partial charge in [-0.25, -0.2) is 0 Å². The second-order valence-electron chi connectivity index (χ2n) is 9.34. The third kappa shape index (κ3) is 2.81. The second-order valence-corrected chi connectivity index (χ2v) is 9.34. The van der Waals surface area contributed by atoms with Crippen molar-refractivity contribution < 1.29 is 17.6 Å². The van der Waals surface area contributed by atoms with Crippen LogP contribution >= 0.6 is 0 Å². The molecule has 7 rings (SSSR count). The Morgan fingerprint density at radius 1 is 0.333 bits per heavy atom. The van der Waals surface area contributed by atoms with Crippen molar-refractivity contribution in [1.82, 2.24) is 0 Å². The molecule has 0 saturated heterocycles. The number of alkyl halides is 4. The second kappa shape index (κ2) is 7.17. The zero-order chi connectivity index (χ0) is 24.7. The highest BCUT2D eigenvalue weighted by Crippen LogP contribution is 2.58. The van der Waals surface area contributed by atoms with Gasteiger partial charge in [0.05, 0.1) is 0 Å². The minimum Gasteiger partial charge on any atom is -0.196 e. The maximum absolute atomic E-state index is 15.8. The van der Waals surface area contributed by atoms with Crippen LogP contribution in [-0.4, -0.2) is 0 Å². The molecule has 0 atom stereocenters. The Labute approximate surface area is 205 Å². The molecule has 0 saturated carbocycles. The van der Waals surface area contributed by atoms with Gasteiger partial charge in [-0.2, -0.15) is 17.6 Å². The summed E-state index contributed by atoms with van der Waals surface area (Å²) < 4.78 is 63.0. The van der Waals surface area contributed by atoms with Gasteiger partial charge in [-0.1, -0.05) is 84.9 Å². The van der Waals surface area contributed by atoms with Crippen molar-refractivity contribution in [3.05, 3.63) is 131 Å². The fraction of sp³-hybridized carbons (Fsp3) is 0.0625. The van der Waals surface area contributed by atoms with E-state index in [-0.39, 0.29) is 33.4 Å². The predicted molar refractivity (Wildman–Crippen MR) is 134 cm³/mol. The van der Waals surface area contributed by atoms with Gasteiger partial charge in [-0.3, -0.25) is 0 Å². The van der Waals surface area contributed by atoms with Gasteiger partial charge in [0, 0.05) is 22.3 Å². The van der Waals surface area contributed by atoms with Crippen LogP contribution in [0.3, 0.4) is 0 Å². The summed E-state index contributed by atoms with van der Waals surface area (Å²) in [5, 5.41) is 0. The molecule has 0 unspecified atom stereocenters. The van der Waals surface area contributed by atoms with E-state index in [1.807, 2.05) is 60.7 Å². The number of hydrogen-bond acceptors (Lipinski definition) is 0. The van der Waals surface area contributed by atoms with Crippen molar-refractivity contribution in [3.8, 4) is 44.5 Å². The van der Waals surface area contributed by atoms with Crippen LogP contribution in [0.25, 0.3) is 44.5 Å². The Morgan fingerprint density at radius 3 is 1.08 bits per heavy atom.